The lowest BCUT2D eigenvalue weighted by Crippen LogP contribution is -2.27. The number of unbranched alkanes of at least 4 members (excludes halogenated alkanes) is 1. The molecule has 2 saturated carbocycles. The summed E-state index contributed by atoms with van der Waals surface area (Å²) in [6, 6.07) is 0. The lowest BCUT2D eigenvalue weighted by atomic mass is 9.81. The molecule has 6 heteroatoms. The highest BCUT2D eigenvalue weighted by atomic mass is 16.6. The molecule has 28 heavy (non-hydrogen) atoms. The number of ether oxygens (including phenoxy) is 4. The maximum absolute atomic E-state index is 12.0. The van der Waals surface area contributed by atoms with E-state index in [9.17, 15) is 9.59 Å². The van der Waals surface area contributed by atoms with E-state index in [-0.39, 0.29) is 11.9 Å². The first-order valence-corrected chi connectivity index (χ1v) is 11.1. The van der Waals surface area contributed by atoms with Crippen molar-refractivity contribution in [2.24, 2.45) is 23.7 Å². The number of hydrogen-bond acceptors (Lipinski definition) is 6. The van der Waals surface area contributed by atoms with Crippen LogP contribution in [0.5, 0.6) is 0 Å². The van der Waals surface area contributed by atoms with Gasteiger partial charge >= 0.3 is 11.9 Å². The van der Waals surface area contributed by atoms with Crippen LogP contribution in [0.4, 0.5) is 0 Å². The van der Waals surface area contributed by atoms with E-state index in [1.807, 2.05) is 0 Å². The van der Waals surface area contributed by atoms with E-state index in [0.29, 0.717) is 87.0 Å². The second kappa shape index (κ2) is 8.70. The molecule has 158 valence electrons. The summed E-state index contributed by atoms with van der Waals surface area (Å²) in [5.74, 6) is 1.62. The maximum atomic E-state index is 12.0. The number of fused-ring (bicyclic) bond motifs is 2. The summed E-state index contributed by atoms with van der Waals surface area (Å²) in [6.45, 7) is 5.43. The van der Waals surface area contributed by atoms with Crippen LogP contribution in [-0.2, 0) is 28.5 Å². The number of rotatable bonds is 9. The average Bonchev–Trinajstić information content (AvgIpc) is 3.57. The van der Waals surface area contributed by atoms with Crippen molar-refractivity contribution < 1.29 is 28.5 Å². The summed E-state index contributed by atoms with van der Waals surface area (Å²) in [4.78, 5) is 23.9. The van der Waals surface area contributed by atoms with E-state index >= 15 is 0 Å². The molecule has 4 aliphatic rings. The minimum Gasteiger partial charge on any atom is -0.465 e. The summed E-state index contributed by atoms with van der Waals surface area (Å²) in [5.41, 5.74) is 0. The third-order valence-corrected chi connectivity index (χ3v) is 7.19. The fourth-order valence-electron chi connectivity index (χ4n) is 4.91. The van der Waals surface area contributed by atoms with Gasteiger partial charge in [-0.05, 0) is 62.2 Å². The van der Waals surface area contributed by atoms with Crippen LogP contribution in [-0.4, -0.2) is 49.6 Å². The maximum Gasteiger partial charge on any atom is 0.305 e. The molecule has 4 rings (SSSR count). The molecule has 0 bridgehead atoms. The minimum atomic E-state index is -0.158. The van der Waals surface area contributed by atoms with Gasteiger partial charge in [0, 0.05) is 12.8 Å². The minimum absolute atomic E-state index is 0.158. The van der Waals surface area contributed by atoms with Crippen molar-refractivity contribution in [3.63, 3.8) is 0 Å². The molecule has 2 aliphatic heterocycles. The van der Waals surface area contributed by atoms with Crippen LogP contribution in [0.2, 0.25) is 0 Å². The Labute approximate surface area is 167 Å². The van der Waals surface area contributed by atoms with Crippen LogP contribution in [0.15, 0.2) is 0 Å². The van der Waals surface area contributed by atoms with Gasteiger partial charge in [0.25, 0.3) is 0 Å². The van der Waals surface area contributed by atoms with E-state index in [2.05, 4.69) is 13.8 Å². The van der Waals surface area contributed by atoms with Crippen molar-refractivity contribution >= 4 is 11.9 Å². The predicted octanol–water partition coefficient (Wildman–Crippen LogP) is 3.26. The molecular formula is C22H34O6. The van der Waals surface area contributed by atoms with Crippen molar-refractivity contribution in [1.82, 2.24) is 0 Å². The van der Waals surface area contributed by atoms with Gasteiger partial charge in [-0.25, -0.2) is 0 Å². The molecule has 0 aromatic carbocycles. The summed E-state index contributed by atoms with van der Waals surface area (Å²) in [7, 11) is 0. The topological polar surface area (TPSA) is 77.7 Å². The smallest absolute Gasteiger partial charge is 0.305 e. The Bertz CT molecular complexity index is 527. The molecule has 4 fully saturated rings. The Balaban J connectivity index is 1.02. The molecule has 2 aliphatic carbocycles. The van der Waals surface area contributed by atoms with Crippen molar-refractivity contribution in [1.29, 1.82) is 0 Å². The van der Waals surface area contributed by atoms with Crippen molar-refractivity contribution in [2.45, 2.75) is 89.6 Å². The van der Waals surface area contributed by atoms with Gasteiger partial charge in [0.2, 0.25) is 0 Å². The third-order valence-electron chi connectivity index (χ3n) is 7.19. The normalized spacial score (nSPS) is 40.8. The number of carbonyl (C=O) groups is 2. The Morgan fingerprint density at radius 1 is 0.714 bits per heavy atom. The third kappa shape index (κ3) is 5.26. The average molecular weight is 395 g/mol. The van der Waals surface area contributed by atoms with Crippen LogP contribution in [0.1, 0.15) is 65.2 Å². The van der Waals surface area contributed by atoms with Crippen molar-refractivity contribution in [3.8, 4) is 0 Å². The number of carbonyl (C=O) groups excluding carboxylic acids is 2. The molecule has 0 aromatic rings. The van der Waals surface area contributed by atoms with Gasteiger partial charge in [0.15, 0.2) is 0 Å². The van der Waals surface area contributed by atoms with E-state index in [1.165, 1.54) is 0 Å². The second-order valence-corrected chi connectivity index (χ2v) is 9.42. The number of epoxide rings is 2. The zero-order valence-corrected chi connectivity index (χ0v) is 17.1. The molecule has 0 spiro atoms. The lowest BCUT2D eigenvalue weighted by molar-refractivity contribution is -0.148. The van der Waals surface area contributed by atoms with Crippen LogP contribution in [0, 0.1) is 23.7 Å². The van der Waals surface area contributed by atoms with E-state index in [4.69, 9.17) is 18.9 Å². The highest BCUT2D eigenvalue weighted by Gasteiger charge is 2.47. The quantitative estimate of drug-likeness (QED) is 0.339. The Morgan fingerprint density at radius 3 is 1.54 bits per heavy atom. The Morgan fingerprint density at radius 2 is 1.11 bits per heavy atom. The molecule has 0 amide bonds. The first kappa shape index (κ1) is 20.1. The predicted molar refractivity (Wildman–Crippen MR) is 101 cm³/mol. The summed E-state index contributed by atoms with van der Waals surface area (Å²) in [6.07, 6.45) is 8.00. The SMILES string of the molecule is CC1CC2OC2CC1COC(=O)CCCCC(=O)OCC1CC2OC2CC1C. The monoisotopic (exact) mass is 394 g/mol. The Kier molecular flexibility index (Phi) is 6.26. The highest BCUT2D eigenvalue weighted by Crippen LogP contribution is 2.43. The lowest BCUT2D eigenvalue weighted by Gasteiger charge is -2.25. The van der Waals surface area contributed by atoms with Crippen LogP contribution in [0.25, 0.3) is 0 Å². The number of hydrogen-bond donors (Lipinski definition) is 0. The van der Waals surface area contributed by atoms with Crippen LogP contribution >= 0.6 is 0 Å². The van der Waals surface area contributed by atoms with E-state index in [0.717, 1.165) is 25.7 Å². The van der Waals surface area contributed by atoms with Crippen molar-refractivity contribution in [3.05, 3.63) is 0 Å². The van der Waals surface area contributed by atoms with E-state index in [1.54, 1.807) is 0 Å². The largest absolute Gasteiger partial charge is 0.465 e. The molecule has 0 aromatic heterocycles. The molecule has 0 N–H and O–H groups in total. The molecule has 8 unspecified atom stereocenters. The van der Waals surface area contributed by atoms with Gasteiger partial charge in [-0.1, -0.05) is 13.8 Å². The summed E-state index contributed by atoms with van der Waals surface area (Å²) >= 11 is 0. The van der Waals surface area contributed by atoms with E-state index < -0.39 is 0 Å². The van der Waals surface area contributed by atoms with Crippen LogP contribution < -0.4 is 0 Å². The zero-order valence-electron chi connectivity index (χ0n) is 17.1. The summed E-state index contributed by atoms with van der Waals surface area (Å²) in [5, 5.41) is 0. The molecule has 8 atom stereocenters. The molecule has 2 heterocycles. The van der Waals surface area contributed by atoms with Gasteiger partial charge in [0.1, 0.15) is 0 Å². The summed E-state index contributed by atoms with van der Waals surface area (Å²) < 4.78 is 22.0. The standard InChI is InChI=1S/C22H34O6/c1-13-7-17-19(27-17)9-15(13)11-25-21(23)5-3-4-6-22(24)26-12-16-10-20-18(28-20)8-14(16)2/h13-20H,3-12H2,1-2H3. The molecule has 6 nitrogen and oxygen atoms in total. The van der Waals surface area contributed by atoms with Crippen LogP contribution in [0.3, 0.4) is 0 Å². The van der Waals surface area contributed by atoms with Gasteiger partial charge in [-0.2, -0.15) is 0 Å². The van der Waals surface area contributed by atoms with Crippen molar-refractivity contribution in [2.75, 3.05) is 13.2 Å². The van der Waals surface area contributed by atoms with Gasteiger partial charge in [-0.15, -0.1) is 0 Å². The molecule has 2 saturated heterocycles. The first-order valence-electron chi connectivity index (χ1n) is 11.1. The Hall–Kier alpha value is -1.14. The second-order valence-electron chi connectivity index (χ2n) is 9.42. The fraction of sp³-hybridized carbons (Fsp3) is 0.909. The van der Waals surface area contributed by atoms with Gasteiger partial charge in [0.05, 0.1) is 37.6 Å². The van der Waals surface area contributed by atoms with Gasteiger partial charge < -0.3 is 18.9 Å². The number of esters is 2. The highest BCUT2D eigenvalue weighted by molar-refractivity contribution is 5.70. The fourth-order valence-corrected chi connectivity index (χ4v) is 4.91. The molecule has 0 radical (unpaired) electrons. The zero-order chi connectivity index (χ0) is 19.7. The van der Waals surface area contributed by atoms with Gasteiger partial charge in [-0.3, -0.25) is 9.59 Å². The first-order chi connectivity index (χ1) is 13.5. The molecular weight excluding hydrogens is 360 g/mol.